The highest BCUT2D eigenvalue weighted by Gasteiger charge is 2.32. The lowest BCUT2D eigenvalue weighted by molar-refractivity contribution is -0.0512. The quantitative estimate of drug-likeness (QED) is 0.309. The van der Waals surface area contributed by atoms with Gasteiger partial charge in [-0.15, -0.1) is 10.2 Å². The number of rotatable bonds is 11. The fourth-order valence-electron chi connectivity index (χ4n) is 4.19. The highest BCUT2D eigenvalue weighted by atomic mass is 19.3. The summed E-state index contributed by atoms with van der Waals surface area (Å²) in [7, 11) is 1.43. The standard InChI is InChI=1S/C25H27F2N7O2/c1-17-30-31-25(32(17)12-11-18-5-10-22(35-2)23(13-18)36-24(26)27)33(20-8-9-20)14-19-3-6-21(7-4-19)34-16-28-15-29-34/h3-7,10,13,15-16,20,24H,8-9,11-12,14H2,1-2H3. The molecule has 5 rings (SSSR count). The molecule has 0 unspecified atom stereocenters. The van der Waals surface area contributed by atoms with Crippen LogP contribution in [-0.2, 0) is 19.5 Å². The number of hydrogen-bond donors (Lipinski definition) is 0. The Bertz CT molecular complexity index is 1290. The van der Waals surface area contributed by atoms with Crippen LogP contribution in [0.3, 0.4) is 0 Å². The summed E-state index contributed by atoms with van der Waals surface area (Å²) >= 11 is 0. The van der Waals surface area contributed by atoms with Gasteiger partial charge in [-0.05, 0) is 61.6 Å². The summed E-state index contributed by atoms with van der Waals surface area (Å²) in [5, 5.41) is 13.0. The van der Waals surface area contributed by atoms with Crippen LogP contribution in [0, 0.1) is 6.92 Å². The summed E-state index contributed by atoms with van der Waals surface area (Å²) < 4.78 is 39.2. The van der Waals surface area contributed by atoms with Gasteiger partial charge in [0.05, 0.1) is 12.8 Å². The van der Waals surface area contributed by atoms with Crippen molar-refractivity contribution in [2.24, 2.45) is 0 Å². The molecule has 0 spiro atoms. The van der Waals surface area contributed by atoms with Crippen molar-refractivity contribution in [2.45, 2.75) is 51.9 Å². The lowest BCUT2D eigenvalue weighted by Gasteiger charge is -2.24. The number of aryl methyl sites for hydroxylation is 2. The third-order valence-electron chi connectivity index (χ3n) is 6.20. The Hall–Kier alpha value is -4.02. The zero-order chi connectivity index (χ0) is 25.1. The molecule has 0 saturated heterocycles. The second-order valence-corrected chi connectivity index (χ2v) is 8.68. The van der Waals surface area contributed by atoms with E-state index in [1.165, 1.54) is 13.4 Å². The van der Waals surface area contributed by atoms with Gasteiger partial charge >= 0.3 is 6.61 Å². The molecule has 0 amide bonds. The molecule has 1 fully saturated rings. The molecule has 0 bridgehead atoms. The van der Waals surface area contributed by atoms with Crippen LogP contribution in [0.1, 0.15) is 29.8 Å². The topological polar surface area (TPSA) is 83.1 Å². The summed E-state index contributed by atoms with van der Waals surface area (Å²) in [5.41, 5.74) is 2.96. The predicted octanol–water partition coefficient (Wildman–Crippen LogP) is 4.19. The molecule has 4 aromatic rings. The number of alkyl halides is 2. The van der Waals surface area contributed by atoms with E-state index in [0.29, 0.717) is 25.6 Å². The number of ether oxygens (including phenoxy) is 2. The van der Waals surface area contributed by atoms with Gasteiger partial charge in [-0.2, -0.15) is 13.9 Å². The molecular formula is C25H27F2N7O2. The smallest absolute Gasteiger partial charge is 0.387 e. The fourth-order valence-corrected chi connectivity index (χ4v) is 4.19. The van der Waals surface area contributed by atoms with Gasteiger partial charge in [0.15, 0.2) is 11.5 Å². The SMILES string of the molecule is COc1ccc(CCn2c(C)nnc2N(Cc2ccc(-n3cncn3)cc2)C2CC2)cc1OC(F)F. The number of benzene rings is 2. The normalized spacial score (nSPS) is 13.2. The van der Waals surface area contributed by atoms with Gasteiger partial charge in [0.25, 0.3) is 0 Å². The van der Waals surface area contributed by atoms with Crippen LogP contribution < -0.4 is 14.4 Å². The summed E-state index contributed by atoms with van der Waals surface area (Å²) in [6.07, 6.45) is 5.99. The van der Waals surface area contributed by atoms with Crippen molar-refractivity contribution in [3.8, 4) is 17.2 Å². The van der Waals surface area contributed by atoms with Gasteiger partial charge in [-0.3, -0.25) is 4.57 Å². The molecule has 11 heteroatoms. The van der Waals surface area contributed by atoms with Gasteiger partial charge in [-0.1, -0.05) is 18.2 Å². The van der Waals surface area contributed by atoms with Crippen LogP contribution in [0.15, 0.2) is 55.1 Å². The molecule has 2 aromatic carbocycles. The van der Waals surface area contributed by atoms with Gasteiger partial charge in [0.1, 0.15) is 18.5 Å². The van der Waals surface area contributed by atoms with E-state index in [1.54, 1.807) is 23.1 Å². The number of nitrogens with zero attached hydrogens (tertiary/aromatic N) is 7. The van der Waals surface area contributed by atoms with Crippen molar-refractivity contribution >= 4 is 5.95 Å². The molecule has 0 atom stereocenters. The van der Waals surface area contributed by atoms with Crippen molar-refractivity contribution < 1.29 is 18.3 Å². The van der Waals surface area contributed by atoms with E-state index in [1.807, 2.05) is 25.1 Å². The van der Waals surface area contributed by atoms with Crippen LogP contribution in [-0.4, -0.2) is 49.3 Å². The van der Waals surface area contributed by atoms with E-state index in [-0.39, 0.29) is 11.5 Å². The predicted molar refractivity (Wildman–Crippen MR) is 129 cm³/mol. The summed E-state index contributed by atoms with van der Waals surface area (Å²) in [4.78, 5) is 6.29. The first-order chi connectivity index (χ1) is 17.5. The molecule has 1 aliphatic carbocycles. The third-order valence-corrected chi connectivity index (χ3v) is 6.20. The van der Waals surface area contributed by atoms with Crippen molar-refractivity contribution in [3.63, 3.8) is 0 Å². The molecule has 2 heterocycles. The van der Waals surface area contributed by atoms with Crippen LogP contribution >= 0.6 is 0 Å². The maximum Gasteiger partial charge on any atom is 0.387 e. The Balaban J connectivity index is 1.33. The zero-order valence-electron chi connectivity index (χ0n) is 20.1. The van der Waals surface area contributed by atoms with Crippen molar-refractivity contribution in [3.05, 3.63) is 72.1 Å². The van der Waals surface area contributed by atoms with Crippen LogP contribution in [0.5, 0.6) is 11.5 Å². The molecule has 1 aliphatic rings. The number of anilines is 1. The minimum atomic E-state index is -2.92. The average Bonchev–Trinajstić information content (AvgIpc) is 3.43. The second-order valence-electron chi connectivity index (χ2n) is 8.68. The molecular weight excluding hydrogens is 468 g/mol. The second kappa shape index (κ2) is 10.3. The molecule has 2 aromatic heterocycles. The molecule has 36 heavy (non-hydrogen) atoms. The fraction of sp³-hybridized carbons (Fsp3) is 0.360. The lowest BCUT2D eigenvalue weighted by atomic mass is 10.1. The zero-order valence-corrected chi connectivity index (χ0v) is 20.1. The van der Waals surface area contributed by atoms with E-state index >= 15 is 0 Å². The van der Waals surface area contributed by atoms with Gasteiger partial charge < -0.3 is 14.4 Å². The number of hydrogen-bond acceptors (Lipinski definition) is 7. The van der Waals surface area contributed by atoms with E-state index < -0.39 is 6.61 Å². The van der Waals surface area contributed by atoms with E-state index in [4.69, 9.17) is 4.74 Å². The molecule has 188 valence electrons. The lowest BCUT2D eigenvalue weighted by Crippen LogP contribution is -2.28. The van der Waals surface area contributed by atoms with E-state index in [2.05, 4.69) is 46.6 Å². The highest BCUT2D eigenvalue weighted by Crippen LogP contribution is 2.33. The van der Waals surface area contributed by atoms with E-state index in [9.17, 15) is 8.78 Å². The van der Waals surface area contributed by atoms with Crippen molar-refractivity contribution in [2.75, 3.05) is 12.0 Å². The van der Waals surface area contributed by atoms with Crippen LogP contribution in [0.25, 0.3) is 5.69 Å². The van der Waals surface area contributed by atoms with Gasteiger partial charge in [0.2, 0.25) is 5.95 Å². The Morgan fingerprint density at radius 3 is 2.50 bits per heavy atom. The first-order valence-electron chi connectivity index (χ1n) is 11.7. The molecule has 1 saturated carbocycles. The van der Waals surface area contributed by atoms with Crippen LogP contribution in [0.4, 0.5) is 14.7 Å². The van der Waals surface area contributed by atoms with Crippen molar-refractivity contribution in [1.29, 1.82) is 0 Å². The van der Waals surface area contributed by atoms with Gasteiger partial charge in [0, 0.05) is 19.1 Å². The largest absolute Gasteiger partial charge is 0.493 e. The Morgan fingerprint density at radius 1 is 1.06 bits per heavy atom. The maximum atomic E-state index is 12.8. The first-order valence-corrected chi connectivity index (χ1v) is 11.7. The first kappa shape index (κ1) is 23.7. The number of halogens is 2. The minimum Gasteiger partial charge on any atom is -0.493 e. The molecule has 0 radical (unpaired) electrons. The third kappa shape index (κ3) is 5.29. The Labute approximate surface area is 207 Å². The summed E-state index contributed by atoms with van der Waals surface area (Å²) in [6.45, 7) is 0.310. The molecule has 9 nitrogen and oxygen atoms in total. The summed E-state index contributed by atoms with van der Waals surface area (Å²) in [6, 6.07) is 13.7. The van der Waals surface area contributed by atoms with Crippen molar-refractivity contribution in [1.82, 2.24) is 29.5 Å². The maximum absolute atomic E-state index is 12.8. The number of methoxy groups -OCH3 is 1. The average molecular weight is 496 g/mol. The Morgan fingerprint density at radius 2 is 1.83 bits per heavy atom. The van der Waals surface area contributed by atoms with E-state index in [0.717, 1.165) is 41.4 Å². The summed E-state index contributed by atoms with van der Waals surface area (Å²) in [5.74, 6) is 1.91. The molecule has 0 aliphatic heterocycles. The Kier molecular flexibility index (Phi) is 6.79. The van der Waals surface area contributed by atoms with Crippen LogP contribution in [0.2, 0.25) is 0 Å². The minimum absolute atomic E-state index is 0.0275. The van der Waals surface area contributed by atoms with Gasteiger partial charge in [-0.25, -0.2) is 9.67 Å². The molecule has 0 N–H and O–H groups in total. The number of aromatic nitrogens is 6. The highest BCUT2D eigenvalue weighted by molar-refractivity contribution is 5.43. The monoisotopic (exact) mass is 495 g/mol.